The molecule has 0 aliphatic carbocycles. The molecule has 2 amide bonds. The second kappa shape index (κ2) is 9.15. The molecular weight excluding hydrogens is 416 g/mol. The van der Waals surface area contributed by atoms with Crippen molar-refractivity contribution >= 4 is 34.6 Å². The highest BCUT2D eigenvalue weighted by Gasteiger charge is 2.11. The summed E-state index contributed by atoms with van der Waals surface area (Å²) < 4.78 is 0. The number of nitrogens with two attached hydrogens (primary N) is 2. The maximum atomic E-state index is 12.6. The van der Waals surface area contributed by atoms with Gasteiger partial charge in [0.05, 0.1) is 5.69 Å². The molecule has 0 aliphatic heterocycles. The van der Waals surface area contributed by atoms with Gasteiger partial charge in [-0.2, -0.15) is 0 Å². The van der Waals surface area contributed by atoms with Crippen molar-refractivity contribution < 1.29 is 14.7 Å². The molecule has 7 heteroatoms. The van der Waals surface area contributed by atoms with Gasteiger partial charge in [0.25, 0.3) is 11.8 Å². The van der Waals surface area contributed by atoms with E-state index in [1.54, 1.807) is 72.8 Å². The molecule has 4 aromatic rings. The van der Waals surface area contributed by atoms with Gasteiger partial charge in [-0.15, -0.1) is 0 Å². The van der Waals surface area contributed by atoms with E-state index in [9.17, 15) is 14.7 Å². The van der Waals surface area contributed by atoms with E-state index in [1.807, 2.05) is 6.07 Å². The summed E-state index contributed by atoms with van der Waals surface area (Å²) >= 11 is 0. The van der Waals surface area contributed by atoms with E-state index >= 15 is 0 Å². The van der Waals surface area contributed by atoms with Crippen molar-refractivity contribution in [1.82, 2.24) is 0 Å². The fourth-order valence-corrected chi connectivity index (χ4v) is 3.27. The lowest BCUT2D eigenvalue weighted by Crippen LogP contribution is -2.12. The van der Waals surface area contributed by atoms with E-state index in [1.165, 1.54) is 12.1 Å². The smallest absolute Gasteiger partial charge is 0.255 e. The first-order valence-corrected chi connectivity index (χ1v) is 10.2. The lowest BCUT2D eigenvalue weighted by Gasteiger charge is -2.10. The molecular formula is C26H22N4O3. The number of aromatic hydroxyl groups is 1. The molecule has 0 saturated carbocycles. The largest absolute Gasteiger partial charge is 0.506 e. The minimum Gasteiger partial charge on any atom is -0.506 e. The Labute approximate surface area is 190 Å². The number of amides is 2. The molecule has 0 bridgehead atoms. The topological polar surface area (TPSA) is 130 Å². The Balaban J connectivity index is 1.48. The van der Waals surface area contributed by atoms with E-state index < -0.39 is 0 Å². The number of hydrogen-bond donors (Lipinski definition) is 5. The molecule has 4 aromatic carbocycles. The van der Waals surface area contributed by atoms with Crippen LogP contribution in [0.5, 0.6) is 5.75 Å². The standard InChI is InChI=1S/C26H22N4O3/c27-20-8-11-22(12-9-20)29-26(33)19-3-1-2-18(14-19)16-4-6-17(7-5-16)25(32)30-23-15-21(28)10-13-24(23)31/h1-15,31H,27-28H2,(H,29,33)(H,30,32). The van der Waals surface area contributed by atoms with Crippen molar-refractivity contribution in [3.8, 4) is 16.9 Å². The summed E-state index contributed by atoms with van der Waals surface area (Å²) in [5, 5.41) is 15.4. The fourth-order valence-electron chi connectivity index (χ4n) is 3.27. The van der Waals surface area contributed by atoms with Gasteiger partial charge in [-0.05, 0) is 77.9 Å². The van der Waals surface area contributed by atoms with E-state index in [4.69, 9.17) is 11.5 Å². The predicted octanol–water partition coefficient (Wildman–Crippen LogP) is 4.73. The SMILES string of the molecule is Nc1ccc(NC(=O)c2cccc(-c3ccc(C(=O)Nc4cc(N)ccc4O)cc3)c2)cc1. The first kappa shape index (κ1) is 21.5. The van der Waals surface area contributed by atoms with Crippen LogP contribution >= 0.6 is 0 Å². The molecule has 0 spiro atoms. The Kier molecular flexibility index (Phi) is 5.95. The minimum atomic E-state index is -0.376. The number of anilines is 4. The number of hydrogen-bond acceptors (Lipinski definition) is 5. The van der Waals surface area contributed by atoms with Crippen LogP contribution in [0, 0.1) is 0 Å². The van der Waals surface area contributed by atoms with Crippen LogP contribution in [-0.4, -0.2) is 16.9 Å². The number of nitrogen functional groups attached to an aromatic ring is 2. The Hall–Kier alpha value is -4.78. The zero-order valence-electron chi connectivity index (χ0n) is 17.6. The maximum Gasteiger partial charge on any atom is 0.255 e. The Bertz CT molecular complexity index is 1320. The molecule has 7 nitrogen and oxygen atoms in total. The molecule has 0 saturated heterocycles. The summed E-state index contributed by atoms with van der Waals surface area (Å²) in [6, 6.07) is 25.5. The van der Waals surface area contributed by atoms with Crippen LogP contribution in [0.3, 0.4) is 0 Å². The van der Waals surface area contributed by atoms with Crippen LogP contribution in [0.25, 0.3) is 11.1 Å². The molecule has 0 aromatic heterocycles. The molecule has 0 fully saturated rings. The van der Waals surface area contributed by atoms with Gasteiger partial charge >= 0.3 is 0 Å². The van der Waals surface area contributed by atoms with Crippen LogP contribution in [0.1, 0.15) is 20.7 Å². The number of benzene rings is 4. The summed E-state index contributed by atoms with van der Waals surface area (Å²) in [6.45, 7) is 0. The van der Waals surface area contributed by atoms with Gasteiger partial charge < -0.3 is 27.2 Å². The van der Waals surface area contributed by atoms with E-state index in [2.05, 4.69) is 10.6 Å². The first-order chi connectivity index (χ1) is 15.9. The normalized spacial score (nSPS) is 10.4. The molecule has 0 aliphatic rings. The summed E-state index contributed by atoms with van der Waals surface area (Å²) in [4.78, 5) is 25.2. The molecule has 0 radical (unpaired) electrons. The van der Waals surface area contributed by atoms with Gasteiger partial charge in [0.2, 0.25) is 0 Å². The highest BCUT2D eigenvalue weighted by Crippen LogP contribution is 2.26. The van der Waals surface area contributed by atoms with E-state index in [-0.39, 0.29) is 23.3 Å². The number of rotatable bonds is 5. The number of nitrogens with one attached hydrogen (secondary N) is 2. The molecule has 0 atom stereocenters. The van der Waals surface area contributed by atoms with E-state index in [0.717, 1.165) is 11.1 Å². The van der Waals surface area contributed by atoms with Gasteiger partial charge in [0, 0.05) is 28.2 Å². The summed E-state index contributed by atoms with van der Waals surface area (Å²) in [7, 11) is 0. The molecule has 7 N–H and O–H groups in total. The third-order valence-electron chi connectivity index (χ3n) is 5.04. The Morgan fingerprint density at radius 1 is 0.636 bits per heavy atom. The number of carbonyl (C=O) groups excluding carboxylic acids is 2. The molecule has 33 heavy (non-hydrogen) atoms. The average Bonchev–Trinajstić information content (AvgIpc) is 2.83. The Morgan fingerprint density at radius 2 is 1.30 bits per heavy atom. The predicted molar refractivity (Wildman–Crippen MR) is 131 cm³/mol. The number of phenolic OH excluding ortho intramolecular Hbond substituents is 1. The lowest BCUT2D eigenvalue weighted by atomic mass is 10.0. The zero-order chi connectivity index (χ0) is 23.4. The monoisotopic (exact) mass is 438 g/mol. The van der Waals surface area contributed by atoms with Crippen molar-refractivity contribution in [3.63, 3.8) is 0 Å². The van der Waals surface area contributed by atoms with Crippen molar-refractivity contribution in [2.75, 3.05) is 22.1 Å². The van der Waals surface area contributed by atoms with Crippen molar-refractivity contribution in [2.45, 2.75) is 0 Å². The van der Waals surface area contributed by atoms with Gasteiger partial charge in [-0.3, -0.25) is 9.59 Å². The highest BCUT2D eigenvalue weighted by molar-refractivity contribution is 6.06. The molecule has 0 heterocycles. The van der Waals surface area contributed by atoms with Crippen molar-refractivity contribution in [1.29, 1.82) is 0 Å². The number of carbonyl (C=O) groups is 2. The summed E-state index contributed by atoms with van der Waals surface area (Å²) in [6.07, 6.45) is 0. The van der Waals surface area contributed by atoms with Crippen LogP contribution in [0.4, 0.5) is 22.7 Å². The number of phenols is 1. The van der Waals surface area contributed by atoms with Crippen LogP contribution in [0.15, 0.2) is 91.0 Å². The minimum absolute atomic E-state index is 0.0665. The second-order valence-electron chi connectivity index (χ2n) is 7.46. The maximum absolute atomic E-state index is 12.6. The third-order valence-corrected chi connectivity index (χ3v) is 5.04. The van der Waals surface area contributed by atoms with Crippen LogP contribution in [-0.2, 0) is 0 Å². The van der Waals surface area contributed by atoms with Crippen LogP contribution in [0.2, 0.25) is 0 Å². The molecule has 4 rings (SSSR count). The summed E-state index contributed by atoms with van der Waals surface area (Å²) in [5.74, 6) is -0.679. The van der Waals surface area contributed by atoms with E-state index in [0.29, 0.717) is 28.2 Å². The first-order valence-electron chi connectivity index (χ1n) is 10.2. The molecule has 0 unspecified atom stereocenters. The van der Waals surface area contributed by atoms with Gasteiger partial charge in [-0.25, -0.2) is 0 Å². The average molecular weight is 438 g/mol. The van der Waals surface area contributed by atoms with Crippen molar-refractivity contribution in [2.24, 2.45) is 0 Å². The highest BCUT2D eigenvalue weighted by atomic mass is 16.3. The zero-order valence-corrected chi connectivity index (χ0v) is 17.6. The lowest BCUT2D eigenvalue weighted by molar-refractivity contribution is 0.101. The van der Waals surface area contributed by atoms with Gasteiger partial charge in [0.15, 0.2) is 0 Å². The van der Waals surface area contributed by atoms with Gasteiger partial charge in [0.1, 0.15) is 5.75 Å². The fraction of sp³-hybridized carbons (Fsp3) is 0. The van der Waals surface area contributed by atoms with Gasteiger partial charge in [-0.1, -0.05) is 24.3 Å². The van der Waals surface area contributed by atoms with Crippen LogP contribution < -0.4 is 22.1 Å². The quantitative estimate of drug-likeness (QED) is 0.175. The summed E-state index contributed by atoms with van der Waals surface area (Å²) in [5.41, 5.74) is 15.9. The third kappa shape index (κ3) is 5.11. The molecule has 164 valence electrons. The van der Waals surface area contributed by atoms with Crippen molar-refractivity contribution in [3.05, 3.63) is 102 Å². The second-order valence-corrected chi connectivity index (χ2v) is 7.46. The Morgan fingerprint density at radius 3 is 2.03 bits per heavy atom.